The lowest BCUT2D eigenvalue weighted by Crippen LogP contribution is -2.20. The van der Waals surface area contributed by atoms with Crippen LogP contribution in [0.4, 0.5) is 17.5 Å². The summed E-state index contributed by atoms with van der Waals surface area (Å²) in [5, 5.41) is 7.13. The third-order valence-electron chi connectivity index (χ3n) is 3.50. The molecule has 2 aromatic rings. The Kier molecular flexibility index (Phi) is 4.75. The first-order chi connectivity index (χ1) is 10.7. The average molecular weight is 319 g/mol. The smallest absolute Gasteiger partial charge is 0.224 e. The Balaban J connectivity index is 1.70. The molecule has 0 radical (unpaired) electrons. The molecule has 3 rings (SSSR count). The molecule has 1 fully saturated rings. The van der Waals surface area contributed by atoms with Gasteiger partial charge in [-0.15, -0.1) is 0 Å². The summed E-state index contributed by atoms with van der Waals surface area (Å²) >= 11 is 6.16. The summed E-state index contributed by atoms with van der Waals surface area (Å²) in [6.45, 7) is 3.52. The van der Waals surface area contributed by atoms with Gasteiger partial charge in [0.2, 0.25) is 5.95 Å². The second-order valence-electron chi connectivity index (χ2n) is 5.34. The van der Waals surface area contributed by atoms with E-state index in [1.165, 1.54) is 0 Å². The highest BCUT2D eigenvalue weighted by molar-refractivity contribution is 6.33. The number of nitrogens with zero attached hydrogens (tertiary/aromatic N) is 2. The maximum absolute atomic E-state index is 6.16. The summed E-state index contributed by atoms with van der Waals surface area (Å²) in [6.07, 6.45) is 2.47. The van der Waals surface area contributed by atoms with Crippen LogP contribution in [0.1, 0.15) is 18.5 Å². The number of ether oxygens (including phenoxy) is 1. The Bertz CT molecular complexity index is 644. The number of hydrogen-bond donors (Lipinski definition) is 2. The summed E-state index contributed by atoms with van der Waals surface area (Å²) in [7, 11) is 0. The lowest BCUT2D eigenvalue weighted by molar-refractivity contribution is 0.120. The van der Waals surface area contributed by atoms with E-state index in [0.717, 1.165) is 43.2 Å². The lowest BCUT2D eigenvalue weighted by atomic mass is 10.2. The Morgan fingerprint density at radius 2 is 2.18 bits per heavy atom. The highest BCUT2D eigenvalue weighted by Gasteiger charge is 2.15. The van der Waals surface area contributed by atoms with Gasteiger partial charge in [0.25, 0.3) is 0 Å². The molecule has 0 aliphatic carbocycles. The van der Waals surface area contributed by atoms with Crippen molar-refractivity contribution in [2.75, 3.05) is 23.8 Å². The van der Waals surface area contributed by atoms with Gasteiger partial charge in [0.05, 0.1) is 16.8 Å². The number of para-hydroxylation sites is 1. The minimum absolute atomic E-state index is 0.254. The quantitative estimate of drug-likeness (QED) is 0.878. The molecule has 5 nitrogen and oxygen atoms in total. The van der Waals surface area contributed by atoms with E-state index in [-0.39, 0.29) is 6.10 Å². The molecule has 116 valence electrons. The zero-order valence-corrected chi connectivity index (χ0v) is 13.2. The third-order valence-corrected chi connectivity index (χ3v) is 3.83. The molecule has 0 saturated carbocycles. The van der Waals surface area contributed by atoms with Gasteiger partial charge in [-0.05, 0) is 31.9 Å². The number of aromatic nitrogens is 2. The first-order valence-corrected chi connectivity index (χ1v) is 7.81. The number of aryl methyl sites for hydroxylation is 1. The zero-order chi connectivity index (χ0) is 15.4. The Morgan fingerprint density at radius 1 is 1.32 bits per heavy atom. The van der Waals surface area contributed by atoms with Crippen LogP contribution in [0.2, 0.25) is 5.02 Å². The third kappa shape index (κ3) is 3.87. The van der Waals surface area contributed by atoms with Crippen LogP contribution in [0.3, 0.4) is 0 Å². The van der Waals surface area contributed by atoms with Gasteiger partial charge in [-0.3, -0.25) is 0 Å². The van der Waals surface area contributed by atoms with Crippen LogP contribution in [0.15, 0.2) is 30.3 Å². The fourth-order valence-electron chi connectivity index (χ4n) is 2.42. The summed E-state index contributed by atoms with van der Waals surface area (Å²) in [4.78, 5) is 8.89. The lowest BCUT2D eigenvalue weighted by Gasteiger charge is -2.13. The molecule has 2 N–H and O–H groups in total. The van der Waals surface area contributed by atoms with Crippen molar-refractivity contribution in [3.63, 3.8) is 0 Å². The Labute approximate surface area is 135 Å². The number of nitrogens with one attached hydrogen (secondary N) is 2. The van der Waals surface area contributed by atoms with Gasteiger partial charge in [0, 0.05) is 24.9 Å². The molecule has 0 amide bonds. The predicted molar refractivity (Wildman–Crippen MR) is 89.0 cm³/mol. The van der Waals surface area contributed by atoms with Gasteiger partial charge >= 0.3 is 0 Å². The SMILES string of the molecule is Cc1cc(Nc2ccccc2Cl)nc(NCC2CCCO2)n1. The molecule has 1 atom stereocenters. The molecule has 2 heterocycles. The van der Waals surface area contributed by atoms with Crippen LogP contribution < -0.4 is 10.6 Å². The second kappa shape index (κ2) is 6.94. The Hall–Kier alpha value is -1.85. The monoisotopic (exact) mass is 318 g/mol. The van der Waals surface area contributed by atoms with Crippen molar-refractivity contribution in [2.45, 2.75) is 25.9 Å². The molecule has 22 heavy (non-hydrogen) atoms. The van der Waals surface area contributed by atoms with Crippen molar-refractivity contribution in [2.24, 2.45) is 0 Å². The van der Waals surface area contributed by atoms with Crippen molar-refractivity contribution in [3.05, 3.63) is 41.0 Å². The van der Waals surface area contributed by atoms with E-state index in [1.807, 2.05) is 37.3 Å². The molecule has 1 aromatic heterocycles. The topological polar surface area (TPSA) is 59.1 Å². The van der Waals surface area contributed by atoms with Crippen molar-refractivity contribution in [3.8, 4) is 0 Å². The van der Waals surface area contributed by atoms with Gasteiger partial charge < -0.3 is 15.4 Å². The second-order valence-corrected chi connectivity index (χ2v) is 5.75. The first kappa shape index (κ1) is 15.1. The summed E-state index contributed by atoms with van der Waals surface area (Å²) in [5.74, 6) is 1.32. The summed E-state index contributed by atoms with van der Waals surface area (Å²) in [5.41, 5.74) is 1.71. The van der Waals surface area contributed by atoms with Crippen LogP contribution in [0.25, 0.3) is 0 Å². The summed E-state index contributed by atoms with van der Waals surface area (Å²) < 4.78 is 5.60. The molecule has 1 aliphatic rings. The molecule has 0 spiro atoms. The van der Waals surface area contributed by atoms with Crippen LogP contribution in [0.5, 0.6) is 0 Å². The van der Waals surface area contributed by atoms with E-state index in [0.29, 0.717) is 11.0 Å². The van der Waals surface area contributed by atoms with Crippen molar-refractivity contribution < 1.29 is 4.74 Å². The predicted octanol–water partition coefficient (Wildman–Crippen LogP) is 3.77. The maximum atomic E-state index is 6.16. The van der Waals surface area contributed by atoms with Gasteiger partial charge in [-0.2, -0.15) is 4.98 Å². The standard InChI is InChI=1S/C16H19ClN4O/c1-11-9-15(20-14-7-3-2-6-13(14)17)21-16(19-11)18-10-12-5-4-8-22-12/h2-3,6-7,9,12H,4-5,8,10H2,1H3,(H2,18,19,20,21). The van der Waals surface area contributed by atoms with Crippen molar-refractivity contribution in [1.29, 1.82) is 0 Å². The highest BCUT2D eigenvalue weighted by atomic mass is 35.5. The minimum atomic E-state index is 0.254. The molecule has 1 saturated heterocycles. The van der Waals surface area contributed by atoms with Crippen LogP contribution >= 0.6 is 11.6 Å². The first-order valence-electron chi connectivity index (χ1n) is 7.43. The molecular formula is C16H19ClN4O. The van der Waals surface area contributed by atoms with E-state index >= 15 is 0 Å². The zero-order valence-electron chi connectivity index (χ0n) is 12.5. The minimum Gasteiger partial charge on any atom is -0.376 e. The number of anilines is 3. The fourth-order valence-corrected chi connectivity index (χ4v) is 2.61. The van der Waals surface area contributed by atoms with Gasteiger partial charge in [0.15, 0.2) is 0 Å². The number of halogens is 1. The molecule has 1 aromatic carbocycles. The number of rotatable bonds is 5. The van der Waals surface area contributed by atoms with Gasteiger partial charge in [-0.1, -0.05) is 23.7 Å². The number of hydrogen-bond acceptors (Lipinski definition) is 5. The highest BCUT2D eigenvalue weighted by Crippen LogP contribution is 2.24. The Morgan fingerprint density at radius 3 is 2.95 bits per heavy atom. The normalized spacial score (nSPS) is 17.5. The van der Waals surface area contributed by atoms with Gasteiger partial charge in [0.1, 0.15) is 5.82 Å². The molecule has 1 unspecified atom stereocenters. The van der Waals surface area contributed by atoms with E-state index in [1.54, 1.807) is 0 Å². The van der Waals surface area contributed by atoms with Crippen molar-refractivity contribution >= 4 is 29.1 Å². The van der Waals surface area contributed by atoms with Crippen LogP contribution in [-0.2, 0) is 4.74 Å². The van der Waals surface area contributed by atoms with E-state index in [4.69, 9.17) is 16.3 Å². The molecule has 0 bridgehead atoms. The average Bonchev–Trinajstić information content (AvgIpc) is 3.00. The van der Waals surface area contributed by atoms with E-state index < -0.39 is 0 Å². The van der Waals surface area contributed by atoms with Crippen LogP contribution in [0, 0.1) is 6.92 Å². The van der Waals surface area contributed by atoms with Crippen LogP contribution in [-0.4, -0.2) is 29.2 Å². The fraction of sp³-hybridized carbons (Fsp3) is 0.375. The van der Waals surface area contributed by atoms with E-state index in [2.05, 4.69) is 20.6 Å². The largest absolute Gasteiger partial charge is 0.376 e. The maximum Gasteiger partial charge on any atom is 0.224 e. The summed E-state index contributed by atoms with van der Waals surface area (Å²) in [6, 6.07) is 9.47. The number of benzene rings is 1. The van der Waals surface area contributed by atoms with Gasteiger partial charge in [-0.25, -0.2) is 4.98 Å². The molecule has 1 aliphatic heterocycles. The molecule has 6 heteroatoms. The molecular weight excluding hydrogens is 300 g/mol. The van der Waals surface area contributed by atoms with Crippen molar-refractivity contribution in [1.82, 2.24) is 9.97 Å². The van der Waals surface area contributed by atoms with E-state index in [9.17, 15) is 0 Å².